The van der Waals surface area contributed by atoms with Gasteiger partial charge in [0, 0.05) is 5.56 Å². The minimum Gasteiger partial charge on any atom is -0.491 e. The molecule has 1 aliphatic rings. The summed E-state index contributed by atoms with van der Waals surface area (Å²) < 4.78 is 5.72. The van der Waals surface area contributed by atoms with Crippen molar-refractivity contribution in [2.75, 3.05) is 10.2 Å². The van der Waals surface area contributed by atoms with Crippen molar-refractivity contribution in [1.29, 1.82) is 0 Å². The lowest BCUT2D eigenvalue weighted by molar-refractivity contribution is 0.0923. The monoisotopic (exact) mass is 507 g/mol. The highest BCUT2D eigenvalue weighted by Gasteiger charge is 2.36. The summed E-state index contributed by atoms with van der Waals surface area (Å²) in [5, 5.41) is 5.74. The van der Waals surface area contributed by atoms with Gasteiger partial charge in [-0.25, -0.2) is 4.90 Å². The Morgan fingerprint density at radius 3 is 2.23 bits per heavy atom. The van der Waals surface area contributed by atoms with Gasteiger partial charge in [-0.1, -0.05) is 30.7 Å². The van der Waals surface area contributed by atoms with Crippen LogP contribution in [-0.4, -0.2) is 28.9 Å². The fraction of sp³-hybridized carbons (Fsp3) is 0.154. The van der Waals surface area contributed by atoms with Gasteiger partial charge in [0.05, 0.1) is 33.6 Å². The summed E-state index contributed by atoms with van der Waals surface area (Å²) in [6.45, 7) is 4.01. The number of hydrogen-bond donors (Lipinski definition) is 2. The number of fused-ring (bicyclic) bond motifs is 1. The molecule has 0 spiro atoms. The maximum atomic E-state index is 12.7. The second-order valence-corrected chi connectivity index (χ2v) is 8.74. The van der Waals surface area contributed by atoms with Crippen molar-refractivity contribution < 1.29 is 19.1 Å². The van der Waals surface area contributed by atoms with E-state index in [0.717, 1.165) is 11.3 Å². The van der Waals surface area contributed by atoms with E-state index in [1.54, 1.807) is 60.7 Å². The van der Waals surface area contributed by atoms with E-state index in [1.807, 2.05) is 13.8 Å². The summed E-state index contributed by atoms with van der Waals surface area (Å²) in [6.07, 6.45) is 0.962. The number of carbonyl (C=O) groups excluding carboxylic acids is 3. The third-order valence-electron chi connectivity index (χ3n) is 5.51. The highest BCUT2D eigenvalue weighted by atomic mass is 35.5. The van der Waals surface area contributed by atoms with Crippen molar-refractivity contribution in [1.82, 2.24) is 5.32 Å². The van der Waals surface area contributed by atoms with Gasteiger partial charge in [0.25, 0.3) is 17.7 Å². The van der Waals surface area contributed by atoms with Crippen LogP contribution >= 0.6 is 23.8 Å². The minimum absolute atomic E-state index is 0.0466. The zero-order valence-electron chi connectivity index (χ0n) is 19.0. The van der Waals surface area contributed by atoms with Crippen molar-refractivity contribution in [2.45, 2.75) is 26.4 Å². The number of ether oxygens (including phenoxy) is 1. The van der Waals surface area contributed by atoms with E-state index in [4.69, 9.17) is 28.6 Å². The van der Waals surface area contributed by atoms with Crippen LogP contribution in [-0.2, 0) is 0 Å². The van der Waals surface area contributed by atoms with Gasteiger partial charge in [0.1, 0.15) is 5.75 Å². The molecule has 4 rings (SSSR count). The van der Waals surface area contributed by atoms with E-state index in [-0.39, 0.29) is 16.2 Å². The van der Waals surface area contributed by atoms with E-state index in [0.29, 0.717) is 33.8 Å². The average Bonchev–Trinajstić information content (AvgIpc) is 3.10. The summed E-state index contributed by atoms with van der Waals surface area (Å²) in [4.78, 5) is 39.0. The number of imide groups is 1. The molecule has 3 amide bonds. The van der Waals surface area contributed by atoms with Gasteiger partial charge in [-0.15, -0.1) is 0 Å². The Bertz CT molecular complexity index is 1290. The van der Waals surface area contributed by atoms with Crippen LogP contribution in [0.3, 0.4) is 0 Å². The summed E-state index contributed by atoms with van der Waals surface area (Å²) in [6, 6.07) is 18.1. The lowest BCUT2D eigenvalue weighted by Crippen LogP contribution is -2.34. The first-order valence-corrected chi connectivity index (χ1v) is 11.7. The molecule has 0 radical (unpaired) electrons. The van der Waals surface area contributed by atoms with Crippen molar-refractivity contribution in [3.63, 3.8) is 0 Å². The van der Waals surface area contributed by atoms with Crippen LogP contribution in [0.15, 0.2) is 66.7 Å². The molecule has 0 aliphatic carbocycles. The number of amides is 3. The molecular formula is C26H22ClN3O4S. The quantitative estimate of drug-likeness (QED) is 0.341. The summed E-state index contributed by atoms with van der Waals surface area (Å²) >= 11 is 11.6. The average molecular weight is 508 g/mol. The summed E-state index contributed by atoms with van der Waals surface area (Å²) in [5.41, 5.74) is 1.85. The Morgan fingerprint density at radius 2 is 1.66 bits per heavy atom. The molecule has 0 saturated carbocycles. The van der Waals surface area contributed by atoms with E-state index >= 15 is 0 Å². The van der Waals surface area contributed by atoms with E-state index in [9.17, 15) is 14.4 Å². The number of benzene rings is 3. The molecule has 0 fully saturated rings. The zero-order valence-corrected chi connectivity index (χ0v) is 20.6. The maximum Gasteiger partial charge on any atom is 0.266 e. The number of anilines is 2. The Morgan fingerprint density at radius 1 is 1.03 bits per heavy atom. The third kappa shape index (κ3) is 5.18. The van der Waals surface area contributed by atoms with Crippen LogP contribution in [0, 0.1) is 0 Å². The zero-order chi connectivity index (χ0) is 25.1. The topological polar surface area (TPSA) is 87.7 Å². The van der Waals surface area contributed by atoms with Crippen molar-refractivity contribution in [3.8, 4) is 5.75 Å². The van der Waals surface area contributed by atoms with Crippen LogP contribution in [0.1, 0.15) is 51.3 Å². The Kier molecular flexibility index (Phi) is 7.14. The second kappa shape index (κ2) is 10.2. The van der Waals surface area contributed by atoms with Crippen molar-refractivity contribution in [2.24, 2.45) is 0 Å². The molecule has 3 aromatic rings. The molecule has 1 aliphatic heterocycles. The number of halogens is 1. The van der Waals surface area contributed by atoms with Gasteiger partial charge in [-0.05, 0) is 80.2 Å². The molecule has 0 saturated heterocycles. The van der Waals surface area contributed by atoms with E-state index in [1.165, 1.54) is 6.07 Å². The largest absolute Gasteiger partial charge is 0.491 e. The lowest BCUT2D eigenvalue weighted by Gasteiger charge is -2.16. The van der Waals surface area contributed by atoms with Gasteiger partial charge < -0.3 is 10.1 Å². The lowest BCUT2D eigenvalue weighted by atomic mass is 10.1. The fourth-order valence-corrected chi connectivity index (χ4v) is 3.92. The maximum absolute atomic E-state index is 12.7. The molecular weight excluding hydrogens is 486 g/mol. The van der Waals surface area contributed by atoms with Gasteiger partial charge in [0.2, 0.25) is 0 Å². The number of nitrogens with zero attached hydrogens (tertiary/aromatic N) is 1. The predicted octanol–water partition coefficient (Wildman–Crippen LogP) is 5.44. The first-order valence-electron chi connectivity index (χ1n) is 10.9. The molecule has 9 heteroatoms. The second-order valence-electron chi connectivity index (χ2n) is 7.92. The highest BCUT2D eigenvalue weighted by molar-refractivity contribution is 7.80. The van der Waals surface area contributed by atoms with E-state index in [2.05, 4.69) is 10.6 Å². The van der Waals surface area contributed by atoms with Gasteiger partial charge in [0.15, 0.2) is 5.11 Å². The smallest absolute Gasteiger partial charge is 0.266 e. The minimum atomic E-state index is -0.411. The SMILES string of the molecule is CCC(C)Oc1ccc(C(=O)NC(=S)Nc2ccc(N3C(=O)c4ccccc4C3=O)cc2Cl)cc1. The molecule has 1 unspecified atom stereocenters. The number of rotatable bonds is 6. The normalized spacial score (nSPS) is 13.3. The van der Waals surface area contributed by atoms with Crippen LogP contribution in [0.25, 0.3) is 0 Å². The first-order chi connectivity index (χ1) is 16.8. The first kappa shape index (κ1) is 24.4. The molecule has 2 N–H and O–H groups in total. The van der Waals surface area contributed by atoms with Crippen LogP contribution in [0.5, 0.6) is 5.75 Å². The molecule has 178 valence electrons. The molecule has 0 bridgehead atoms. The molecule has 7 nitrogen and oxygen atoms in total. The number of nitrogens with one attached hydrogen (secondary N) is 2. The number of thiocarbonyl (C=S) groups is 1. The standard InChI is InChI=1S/C26H22ClN3O4S/c1-3-15(2)34-18-11-8-16(9-12-18)23(31)29-26(35)28-22-13-10-17(14-21(22)27)30-24(32)19-6-4-5-7-20(19)25(30)33/h4-15H,3H2,1-2H3,(H2,28,29,31,35). The number of hydrogen-bond acceptors (Lipinski definition) is 5. The molecule has 1 atom stereocenters. The summed E-state index contributed by atoms with van der Waals surface area (Å²) in [5.74, 6) is -0.533. The Labute approximate surface area is 213 Å². The molecule has 35 heavy (non-hydrogen) atoms. The third-order valence-corrected chi connectivity index (χ3v) is 6.03. The summed E-state index contributed by atoms with van der Waals surface area (Å²) in [7, 11) is 0. The Balaban J connectivity index is 1.40. The van der Waals surface area contributed by atoms with Gasteiger partial charge in [-0.2, -0.15) is 0 Å². The van der Waals surface area contributed by atoms with Gasteiger partial charge in [-0.3, -0.25) is 19.7 Å². The van der Waals surface area contributed by atoms with Crippen molar-refractivity contribution in [3.05, 3.63) is 88.4 Å². The Hall–Kier alpha value is -3.75. The van der Waals surface area contributed by atoms with Crippen LogP contribution in [0.4, 0.5) is 11.4 Å². The molecule has 3 aromatic carbocycles. The van der Waals surface area contributed by atoms with Gasteiger partial charge >= 0.3 is 0 Å². The highest BCUT2D eigenvalue weighted by Crippen LogP contribution is 2.32. The number of carbonyl (C=O) groups is 3. The molecule has 1 heterocycles. The van der Waals surface area contributed by atoms with Crippen molar-refractivity contribution >= 4 is 58.0 Å². The predicted molar refractivity (Wildman–Crippen MR) is 140 cm³/mol. The van der Waals surface area contributed by atoms with Crippen LogP contribution < -0.4 is 20.3 Å². The van der Waals surface area contributed by atoms with Crippen LogP contribution in [0.2, 0.25) is 5.02 Å². The molecule has 0 aromatic heterocycles. The fourth-order valence-electron chi connectivity index (χ4n) is 3.50. The van der Waals surface area contributed by atoms with E-state index < -0.39 is 17.7 Å².